The molecule has 132 valence electrons. The Hall–Kier alpha value is -2.82. The second-order valence-electron chi connectivity index (χ2n) is 5.84. The van der Waals surface area contributed by atoms with Gasteiger partial charge >= 0.3 is 5.97 Å². The third-order valence-corrected chi connectivity index (χ3v) is 3.32. The van der Waals surface area contributed by atoms with Crippen LogP contribution in [0.1, 0.15) is 36.7 Å². The molecule has 0 atom stereocenters. The van der Waals surface area contributed by atoms with Crippen LogP contribution in [0.2, 0.25) is 0 Å². The average molecular weight is 341 g/mol. The van der Waals surface area contributed by atoms with E-state index in [0.717, 1.165) is 11.3 Å². The lowest BCUT2D eigenvalue weighted by atomic mass is 10.1. The van der Waals surface area contributed by atoms with E-state index in [9.17, 15) is 9.59 Å². The van der Waals surface area contributed by atoms with E-state index in [0.29, 0.717) is 17.9 Å². The lowest BCUT2D eigenvalue weighted by Crippen LogP contribution is -2.15. The summed E-state index contributed by atoms with van der Waals surface area (Å²) in [6, 6.07) is 14.1. The lowest BCUT2D eigenvalue weighted by molar-refractivity contribution is -0.115. The summed E-state index contributed by atoms with van der Waals surface area (Å²) in [4.78, 5) is 24.1. The van der Waals surface area contributed by atoms with Crippen molar-refractivity contribution in [1.29, 1.82) is 0 Å². The molecule has 2 aromatic carbocycles. The van der Waals surface area contributed by atoms with Gasteiger partial charge in [0.1, 0.15) is 5.75 Å². The maximum absolute atomic E-state index is 12.2. The zero-order valence-electron chi connectivity index (χ0n) is 14.7. The maximum Gasteiger partial charge on any atom is 0.338 e. The second-order valence-corrected chi connectivity index (χ2v) is 5.84. The Labute approximate surface area is 148 Å². The van der Waals surface area contributed by atoms with Gasteiger partial charge in [-0.25, -0.2) is 4.79 Å². The van der Waals surface area contributed by atoms with Crippen molar-refractivity contribution in [2.24, 2.45) is 0 Å². The monoisotopic (exact) mass is 341 g/mol. The highest BCUT2D eigenvalue weighted by molar-refractivity contribution is 5.95. The van der Waals surface area contributed by atoms with Crippen molar-refractivity contribution >= 4 is 17.6 Å². The molecule has 5 nitrogen and oxygen atoms in total. The van der Waals surface area contributed by atoms with E-state index in [1.165, 1.54) is 0 Å². The molecule has 0 heterocycles. The Balaban J connectivity index is 1.97. The summed E-state index contributed by atoms with van der Waals surface area (Å²) in [5.41, 5.74) is 1.86. The highest BCUT2D eigenvalue weighted by Gasteiger charge is 2.11. The van der Waals surface area contributed by atoms with Gasteiger partial charge < -0.3 is 14.8 Å². The van der Waals surface area contributed by atoms with Crippen molar-refractivity contribution in [2.75, 3.05) is 11.9 Å². The Morgan fingerprint density at radius 1 is 1.08 bits per heavy atom. The first kappa shape index (κ1) is 18.5. The molecular weight excluding hydrogens is 318 g/mol. The maximum atomic E-state index is 12.2. The number of carbonyl (C=O) groups excluding carboxylic acids is 2. The van der Waals surface area contributed by atoms with Crippen molar-refractivity contribution in [3.63, 3.8) is 0 Å². The number of amides is 1. The largest absolute Gasteiger partial charge is 0.494 e. The molecule has 5 heteroatoms. The lowest BCUT2D eigenvalue weighted by Gasteiger charge is -2.10. The predicted molar refractivity (Wildman–Crippen MR) is 96.9 cm³/mol. The van der Waals surface area contributed by atoms with Crippen LogP contribution in [0.3, 0.4) is 0 Å². The summed E-state index contributed by atoms with van der Waals surface area (Å²) in [6.07, 6.45) is 0.0537. The summed E-state index contributed by atoms with van der Waals surface area (Å²) in [5, 5.41) is 2.80. The number of nitrogens with one attached hydrogen (secondary N) is 1. The van der Waals surface area contributed by atoms with Gasteiger partial charge in [-0.05, 0) is 56.7 Å². The van der Waals surface area contributed by atoms with Crippen LogP contribution in [0, 0.1) is 0 Å². The minimum absolute atomic E-state index is 0.154. The molecule has 25 heavy (non-hydrogen) atoms. The molecule has 0 aliphatic carbocycles. The summed E-state index contributed by atoms with van der Waals surface area (Å²) in [6.45, 7) is 6.11. The zero-order valence-corrected chi connectivity index (χ0v) is 14.7. The van der Waals surface area contributed by atoms with Crippen molar-refractivity contribution in [3.05, 3.63) is 59.7 Å². The molecule has 0 spiro atoms. The van der Waals surface area contributed by atoms with Gasteiger partial charge in [0.2, 0.25) is 5.91 Å². The molecule has 0 bridgehead atoms. The molecule has 0 fully saturated rings. The third kappa shape index (κ3) is 5.95. The molecule has 0 radical (unpaired) electrons. The molecule has 0 saturated heterocycles. The highest BCUT2D eigenvalue weighted by atomic mass is 16.5. The fraction of sp³-hybridized carbons (Fsp3) is 0.300. The van der Waals surface area contributed by atoms with Gasteiger partial charge in [-0.3, -0.25) is 4.79 Å². The molecule has 0 aromatic heterocycles. The minimum atomic E-state index is -0.405. The Kier molecular flexibility index (Phi) is 6.57. The van der Waals surface area contributed by atoms with E-state index >= 15 is 0 Å². The van der Waals surface area contributed by atoms with Crippen molar-refractivity contribution in [2.45, 2.75) is 33.3 Å². The first-order chi connectivity index (χ1) is 12.0. The summed E-state index contributed by atoms with van der Waals surface area (Å²) >= 11 is 0. The molecule has 0 aliphatic rings. The van der Waals surface area contributed by atoms with E-state index in [1.54, 1.807) is 38.1 Å². The quantitative estimate of drug-likeness (QED) is 0.777. The smallest absolute Gasteiger partial charge is 0.338 e. The van der Waals surface area contributed by atoms with Gasteiger partial charge in [-0.2, -0.15) is 0 Å². The van der Waals surface area contributed by atoms with Gasteiger partial charge in [0, 0.05) is 5.69 Å². The van der Waals surface area contributed by atoms with E-state index < -0.39 is 5.97 Å². The normalized spacial score (nSPS) is 10.4. The molecule has 0 unspecified atom stereocenters. The molecule has 0 saturated carbocycles. The minimum Gasteiger partial charge on any atom is -0.494 e. The van der Waals surface area contributed by atoms with Crippen LogP contribution in [-0.4, -0.2) is 24.6 Å². The number of anilines is 1. The van der Waals surface area contributed by atoms with Crippen molar-refractivity contribution in [3.8, 4) is 5.75 Å². The molecule has 2 aromatic rings. The second kappa shape index (κ2) is 8.87. The zero-order chi connectivity index (χ0) is 18.2. The van der Waals surface area contributed by atoms with E-state index in [2.05, 4.69) is 5.32 Å². The summed E-state index contributed by atoms with van der Waals surface area (Å²) < 4.78 is 10.5. The molecule has 1 amide bonds. The number of esters is 1. The van der Waals surface area contributed by atoms with Crippen LogP contribution < -0.4 is 10.1 Å². The predicted octanol–water partition coefficient (Wildman–Crippen LogP) is 3.83. The van der Waals surface area contributed by atoms with Crippen LogP contribution in [0.5, 0.6) is 5.75 Å². The number of hydrogen-bond acceptors (Lipinski definition) is 4. The Morgan fingerprint density at radius 2 is 1.80 bits per heavy atom. The van der Waals surface area contributed by atoms with Gasteiger partial charge in [-0.15, -0.1) is 0 Å². The van der Waals surface area contributed by atoms with Crippen LogP contribution in [0.4, 0.5) is 5.69 Å². The van der Waals surface area contributed by atoms with Gasteiger partial charge in [0.25, 0.3) is 0 Å². The summed E-state index contributed by atoms with van der Waals surface area (Å²) in [7, 11) is 0. The van der Waals surface area contributed by atoms with Gasteiger partial charge in [-0.1, -0.05) is 18.2 Å². The number of ether oxygens (including phenoxy) is 2. The first-order valence-corrected chi connectivity index (χ1v) is 8.30. The van der Waals surface area contributed by atoms with Crippen molar-refractivity contribution in [1.82, 2.24) is 0 Å². The molecule has 2 rings (SSSR count). The Morgan fingerprint density at radius 3 is 2.44 bits per heavy atom. The van der Waals surface area contributed by atoms with Crippen LogP contribution in [0.15, 0.2) is 48.5 Å². The number of carbonyl (C=O) groups is 2. The van der Waals surface area contributed by atoms with Crippen LogP contribution in [-0.2, 0) is 16.0 Å². The van der Waals surface area contributed by atoms with Crippen LogP contribution >= 0.6 is 0 Å². The van der Waals surface area contributed by atoms with E-state index in [4.69, 9.17) is 9.47 Å². The van der Waals surface area contributed by atoms with Crippen molar-refractivity contribution < 1.29 is 19.1 Å². The SMILES string of the molecule is CCOc1ccc(CC(=O)Nc2cccc(C(=O)OC(C)C)c2)cc1. The van der Waals surface area contributed by atoms with E-state index in [1.807, 2.05) is 31.2 Å². The molecular formula is C20H23NO4. The van der Waals surface area contributed by atoms with Gasteiger partial charge in [0.05, 0.1) is 24.7 Å². The summed E-state index contributed by atoms with van der Waals surface area (Å²) in [5.74, 6) is 0.221. The number of hydrogen-bond donors (Lipinski definition) is 1. The average Bonchev–Trinajstić information content (AvgIpc) is 2.56. The fourth-order valence-corrected chi connectivity index (χ4v) is 2.27. The fourth-order valence-electron chi connectivity index (χ4n) is 2.27. The Bertz CT molecular complexity index is 723. The highest BCUT2D eigenvalue weighted by Crippen LogP contribution is 2.15. The number of rotatable bonds is 7. The van der Waals surface area contributed by atoms with E-state index in [-0.39, 0.29) is 18.4 Å². The van der Waals surface area contributed by atoms with Crippen LogP contribution in [0.25, 0.3) is 0 Å². The van der Waals surface area contributed by atoms with Gasteiger partial charge in [0.15, 0.2) is 0 Å². The standard InChI is InChI=1S/C20H23NO4/c1-4-24-18-10-8-15(9-11-18)12-19(22)21-17-7-5-6-16(13-17)20(23)25-14(2)3/h5-11,13-14H,4,12H2,1-3H3,(H,21,22). The third-order valence-electron chi connectivity index (χ3n) is 3.32. The number of benzene rings is 2. The topological polar surface area (TPSA) is 64.6 Å². The first-order valence-electron chi connectivity index (χ1n) is 8.30. The molecule has 0 aliphatic heterocycles. The molecule has 1 N–H and O–H groups in total.